The second kappa shape index (κ2) is 9.00. The van der Waals surface area contributed by atoms with Crippen LogP contribution in [0.2, 0.25) is 0 Å². The number of para-hydroxylation sites is 2. The predicted molar refractivity (Wildman–Crippen MR) is 109 cm³/mol. The molecular formula is C23H30O5. The van der Waals surface area contributed by atoms with Crippen molar-refractivity contribution < 1.29 is 23.7 Å². The van der Waals surface area contributed by atoms with Crippen molar-refractivity contribution in [2.75, 3.05) is 0 Å². The van der Waals surface area contributed by atoms with Crippen molar-refractivity contribution >= 4 is 6.16 Å². The average Bonchev–Trinajstić information content (AvgIpc) is 2.57. The summed E-state index contributed by atoms with van der Waals surface area (Å²) in [4.78, 5) is 12.1. The van der Waals surface area contributed by atoms with E-state index in [4.69, 9.17) is 18.9 Å². The summed E-state index contributed by atoms with van der Waals surface area (Å²) < 4.78 is 22.3. The van der Waals surface area contributed by atoms with E-state index < -0.39 is 6.16 Å². The Labute approximate surface area is 167 Å². The molecule has 0 saturated carbocycles. The first-order valence-electron chi connectivity index (χ1n) is 9.37. The van der Waals surface area contributed by atoms with Gasteiger partial charge in [0, 0.05) is 11.1 Å². The Hall–Kier alpha value is -2.69. The Morgan fingerprint density at radius 3 is 1.39 bits per heavy atom. The molecule has 0 aliphatic heterocycles. The molecule has 0 fully saturated rings. The zero-order valence-electron chi connectivity index (χ0n) is 17.6. The topological polar surface area (TPSA) is 54.0 Å². The zero-order chi connectivity index (χ0) is 20.8. The summed E-state index contributed by atoms with van der Waals surface area (Å²) in [5, 5.41) is 0. The van der Waals surface area contributed by atoms with Crippen molar-refractivity contribution in [1.29, 1.82) is 0 Å². The molecule has 28 heavy (non-hydrogen) atoms. The van der Waals surface area contributed by atoms with E-state index in [0.717, 1.165) is 11.1 Å². The van der Waals surface area contributed by atoms with Crippen LogP contribution in [0.4, 0.5) is 4.79 Å². The summed E-state index contributed by atoms with van der Waals surface area (Å²) in [5.41, 5.74) is 0.887. The van der Waals surface area contributed by atoms with Gasteiger partial charge in [-0.05, 0) is 53.7 Å². The van der Waals surface area contributed by atoms with Gasteiger partial charge in [-0.3, -0.25) is 0 Å². The number of rotatable bonds is 6. The number of benzene rings is 2. The summed E-state index contributed by atoms with van der Waals surface area (Å²) in [5.74, 6) is 1.37. The summed E-state index contributed by atoms with van der Waals surface area (Å²) in [7, 11) is 0. The molecule has 0 radical (unpaired) electrons. The second-order valence-corrected chi connectivity index (χ2v) is 8.47. The van der Waals surface area contributed by atoms with Gasteiger partial charge in [0.1, 0.15) is 35.9 Å². The SMILES string of the molecule is CC(C)(C)Oc1ccccc1COC(=O)OCc1ccccc1OC(C)(C)C. The number of ether oxygens (including phenoxy) is 4. The van der Waals surface area contributed by atoms with E-state index in [-0.39, 0.29) is 24.4 Å². The fraction of sp³-hybridized carbons (Fsp3) is 0.435. The van der Waals surface area contributed by atoms with Crippen LogP contribution < -0.4 is 9.47 Å². The standard InChI is InChI=1S/C23H30O5/c1-22(2,3)27-19-13-9-7-11-17(19)15-25-21(24)26-16-18-12-8-10-14-20(18)28-23(4,5)6/h7-14H,15-16H2,1-6H3. The van der Waals surface area contributed by atoms with Crippen molar-refractivity contribution in [2.24, 2.45) is 0 Å². The molecule has 152 valence electrons. The lowest BCUT2D eigenvalue weighted by Gasteiger charge is -2.23. The molecule has 5 nitrogen and oxygen atoms in total. The molecule has 0 aromatic heterocycles. The lowest BCUT2D eigenvalue weighted by atomic mass is 10.1. The highest BCUT2D eigenvalue weighted by Gasteiger charge is 2.17. The van der Waals surface area contributed by atoms with Gasteiger partial charge >= 0.3 is 6.16 Å². The van der Waals surface area contributed by atoms with Crippen molar-refractivity contribution in [1.82, 2.24) is 0 Å². The molecule has 0 heterocycles. The minimum atomic E-state index is -0.740. The number of carbonyl (C=O) groups excluding carboxylic acids is 1. The molecule has 2 aromatic rings. The van der Waals surface area contributed by atoms with Crippen LogP contribution in [0.5, 0.6) is 11.5 Å². The van der Waals surface area contributed by atoms with Crippen LogP contribution in [0.1, 0.15) is 52.7 Å². The molecule has 0 unspecified atom stereocenters. The number of hydrogen-bond acceptors (Lipinski definition) is 5. The van der Waals surface area contributed by atoms with E-state index in [9.17, 15) is 4.79 Å². The molecule has 0 N–H and O–H groups in total. The van der Waals surface area contributed by atoms with Gasteiger partial charge < -0.3 is 18.9 Å². The molecule has 0 atom stereocenters. The first kappa shape index (κ1) is 21.6. The van der Waals surface area contributed by atoms with Crippen LogP contribution >= 0.6 is 0 Å². The van der Waals surface area contributed by atoms with Gasteiger partial charge in [0.15, 0.2) is 0 Å². The van der Waals surface area contributed by atoms with Crippen molar-refractivity contribution in [2.45, 2.75) is 66.0 Å². The van der Waals surface area contributed by atoms with Gasteiger partial charge in [0.2, 0.25) is 0 Å². The highest BCUT2D eigenvalue weighted by atomic mass is 16.7. The fourth-order valence-corrected chi connectivity index (χ4v) is 2.42. The lowest BCUT2D eigenvalue weighted by Crippen LogP contribution is -2.24. The highest BCUT2D eigenvalue weighted by Crippen LogP contribution is 2.25. The second-order valence-electron chi connectivity index (χ2n) is 8.47. The molecule has 0 bridgehead atoms. The van der Waals surface area contributed by atoms with Gasteiger partial charge in [-0.2, -0.15) is 0 Å². The first-order valence-corrected chi connectivity index (χ1v) is 9.37. The zero-order valence-corrected chi connectivity index (χ0v) is 17.6. The van der Waals surface area contributed by atoms with E-state index in [1.807, 2.05) is 90.1 Å². The Balaban J connectivity index is 1.93. The quantitative estimate of drug-likeness (QED) is 0.579. The molecule has 0 aliphatic carbocycles. The van der Waals surface area contributed by atoms with E-state index in [2.05, 4.69) is 0 Å². The lowest BCUT2D eigenvalue weighted by molar-refractivity contribution is 0.0418. The Kier molecular flexibility index (Phi) is 6.95. The van der Waals surface area contributed by atoms with Gasteiger partial charge in [-0.25, -0.2) is 4.79 Å². The third kappa shape index (κ3) is 7.51. The number of carbonyl (C=O) groups is 1. The number of hydrogen-bond donors (Lipinski definition) is 0. The van der Waals surface area contributed by atoms with Crippen LogP contribution in [0.25, 0.3) is 0 Å². The van der Waals surface area contributed by atoms with Crippen molar-refractivity contribution in [3.8, 4) is 11.5 Å². The summed E-state index contributed by atoms with van der Waals surface area (Å²) in [6.45, 7) is 12.0. The van der Waals surface area contributed by atoms with E-state index in [0.29, 0.717) is 11.5 Å². The van der Waals surface area contributed by atoms with Gasteiger partial charge in [-0.1, -0.05) is 36.4 Å². The minimum Gasteiger partial charge on any atom is -0.488 e. The molecule has 2 rings (SSSR count). The van der Waals surface area contributed by atoms with E-state index in [1.165, 1.54) is 0 Å². The average molecular weight is 386 g/mol. The normalized spacial score (nSPS) is 11.6. The predicted octanol–water partition coefficient (Wildman–Crippen LogP) is 5.89. The first-order chi connectivity index (χ1) is 13.0. The van der Waals surface area contributed by atoms with Gasteiger partial charge in [-0.15, -0.1) is 0 Å². The van der Waals surface area contributed by atoms with E-state index in [1.54, 1.807) is 0 Å². The largest absolute Gasteiger partial charge is 0.508 e. The minimum absolute atomic E-state index is 0.0746. The Bertz CT molecular complexity index is 719. The summed E-state index contributed by atoms with van der Waals surface area (Å²) in [6.07, 6.45) is -0.740. The molecule has 5 heteroatoms. The maximum atomic E-state index is 12.1. The van der Waals surface area contributed by atoms with Crippen LogP contribution in [0.3, 0.4) is 0 Å². The third-order valence-electron chi connectivity index (χ3n) is 3.47. The smallest absolute Gasteiger partial charge is 0.488 e. The maximum absolute atomic E-state index is 12.1. The van der Waals surface area contributed by atoms with Gasteiger partial charge in [0.05, 0.1) is 0 Å². The van der Waals surface area contributed by atoms with Crippen LogP contribution in [-0.4, -0.2) is 17.4 Å². The third-order valence-corrected chi connectivity index (χ3v) is 3.47. The van der Waals surface area contributed by atoms with Crippen molar-refractivity contribution in [3.05, 3.63) is 59.7 Å². The molecule has 0 amide bonds. The Morgan fingerprint density at radius 2 is 1.04 bits per heavy atom. The maximum Gasteiger partial charge on any atom is 0.508 e. The van der Waals surface area contributed by atoms with E-state index >= 15 is 0 Å². The molecule has 0 spiro atoms. The fourth-order valence-electron chi connectivity index (χ4n) is 2.42. The molecule has 0 aliphatic rings. The summed E-state index contributed by atoms with van der Waals surface area (Å²) >= 11 is 0. The van der Waals surface area contributed by atoms with Crippen LogP contribution in [-0.2, 0) is 22.7 Å². The molecular weight excluding hydrogens is 356 g/mol. The molecule has 0 saturated heterocycles. The highest BCUT2D eigenvalue weighted by molar-refractivity contribution is 5.60. The van der Waals surface area contributed by atoms with Crippen molar-refractivity contribution in [3.63, 3.8) is 0 Å². The van der Waals surface area contributed by atoms with Gasteiger partial charge in [0.25, 0.3) is 0 Å². The molecule has 2 aromatic carbocycles. The monoisotopic (exact) mass is 386 g/mol. The summed E-state index contributed by atoms with van der Waals surface area (Å²) in [6, 6.07) is 15.0. The Morgan fingerprint density at radius 1 is 0.679 bits per heavy atom. The van der Waals surface area contributed by atoms with Crippen LogP contribution in [0.15, 0.2) is 48.5 Å². The van der Waals surface area contributed by atoms with Crippen LogP contribution in [0, 0.1) is 0 Å².